The van der Waals surface area contributed by atoms with Gasteiger partial charge in [-0.25, -0.2) is 4.57 Å². The fraction of sp³-hybridized carbons (Fsp3) is 0.767. The molecule has 0 fully saturated rings. The number of hydrogen-bond acceptors (Lipinski definition) is 8. The molecule has 0 radical (unpaired) electrons. The van der Waals surface area contributed by atoms with Crippen molar-refractivity contribution in [1.82, 2.24) is 0 Å². The fourth-order valence-electron chi connectivity index (χ4n) is 5.52. The number of ether oxygens (including phenoxy) is 2. The summed E-state index contributed by atoms with van der Waals surface area (Å²) in [5, 5.41) is 0. The Balaban J connectivity index is 4.21. The lowest BCUT2D eigenvalue weighted by molar-refractivity contribution is -0.161. The largest absolute Gasteiger partial charge is 0.472 e. The van der Waals surface area contributed by atoms with Crippen LogP contribution in [0.15, 0.2) is 48.6 Å². The van der Waals surface area contributed by atoms with E-state index >= 15 is 0 Å². The minimum Gasteiger partial charge on any atom is -0.462 e. The van der Waals surface area contributed by atoms with E-state index in [1.807, 2.05) is 0 Å². The SMILES string of the molecule is CCCCCC=CCC=CCC=CCCCCCCCCC(=O)O[C@H](COC(=O)CCCCCCCC=CCCCCCC)COP(=O)(O)OCCN. The summed E-state index contributed by atoms with van der Waals surface area (Å²) in [5.41, 5.74) is 5.34. The molecule has 9 nitrogen and oxygen atoms in total. The monoisotopic (exact) mass is 768 g/mol. The summed E-state index contributed by atoms with van der Waals surface area (Å²) >= 11 is 0. The molecule has 0 saturated heterocycles. The number of esters is 2. The van der Waals surface area contributed by atoms with Gasteiger partial charge in [0.25, 0.3) is 0 Å². The van der Waals surface area contributed by atoms with E-state index < -0.39 is 32.5 Å². The van der Waals surface area contributed by atoms with E-state index in [-0.39, 0.29) is 32.6 Å². The molecule has 0 aliphatic carbocycles. The van der Waals surface area contributed by atoms with E-state index in [4.69, 9.17) is 24.3 Å². The summed E-state index contributed by atoms with van der Waals surface area (Å²) in [4.78, 5) is 34.8. The molecule has 0 aromatic rings. The van der Waals surface area contributed by atoms with Crippen LogP contribution in [-0.2, 0) is 32.7 Å². The molecule has 0 heterocycles. The number of phosphoric ester groups is 1. The van der Waals surface area contributed by atoms with Gasteiger partial charge in [-0.05, 0) is 77.0 Å². The number of unbranched alkanes of at least 4 members (excludes halogenated alkanes) is 18. The zero-order valence-electron chi connectivity index (χ0n) is 33.7. The predicted molar refractivity (Wildman–Crippen MR) is 220 cm³/mol. The predicted octanol–water partition coefficient (Wildman–Crippen LogP) is 11.9. The third-order valence-corrected chi connectivity index (χ3v) is 9.67. The Hall–Kier alpha value is -2.03. The summed E-state index contributed by atoms with van der Waals surface area (Å²) in [6, 6.07) is 0. The van der Waals surface area contributed by atoms with Gasteiger partial charge in [-0.1, -0.05) is 140 Å². The van der Waals surface area contributed by atoms with Gasteiger partial charge >= 0.3 is 19.8 Å². The van der Waals surface area contributed by atoms with Crippen molar-refractivity contribution in [1.29, 1.82) is 0 Å². The maximum absolute atomic E-state index is 12.6. The van der Waals surface area contributed by atoms with Crippen molar-refractivity contribution in [3.8, 4) is 0 Å². The second-order valence-electron chi connectivity index (χ2n) is 13.8. The highest BCUT2D eigenvalue weighted by Crippen LogP contribution is 2.43. The third kappa shape index (κ3) is 39.5. The quantitative estimate of drug-likeness (QED) is 0.0271. The zero-order chi connectivity index (χ0) is 38.9. The van der Waals surface area contributed by atoms with Crippen LogP contribution in [0.25, 0.3) is 0 Å². The van der Waals surface area contributed by atoms with E-state index in [0.717, 1.165) is 89.9 Å². The summed E-state index contributed by atoms with van der Waals surface area (Å²) in [6.45, 7) is 3.66. The van der Waals surface area contributed by atoms with Gasteiger partial charge in [0.2, 0.25) is 0 Å². The molecule has 0 saturated carbocycles. The second-order valence-corrected chi connectivity index (χ2v) is 15.3. The Morgan fingerprint density at radius 3 is 1.51 bits per heavy atom. The van der Waals surface area contributed by atoms with Crippen LogP contribution < -0.4 is 5.73 Å². The molecule has 0 aromatic heterocycles. The van der Waals surface area contributed by atoms with E-state index in [1.165, 1.54) is 57.8 Å². The van der Waals surface area contributed by atoms with Gasteiger partial charge in [0.1, 0.15) is 6.61 Å². The van der Waals surface area contributed by atoms with Crippen LogP contribution in [-0.4, -0.2) is 49.3 Å². The molecule has 0 bridgehead atoms. The fourth-order valence-corrected chi connectivity index (χ4v) is 6.28. The maximum Gasteiger partial charge on any atom is 0.472 e. The van der Waals surface area contributed by atoms with Gasteiger partial charge in [-0.2, -0.15) is 0 Å². The molecule has 10 heteroatoms. The van der Waals surface area contributed by atoms with Crippen molar-refractivity contribution in [2.45, 2.75) is 187 Å². The maximum atomic E-state index is 12.6. The standard InChI is InChI=1S/C43H78NO8P/c1-3-5-7-9-11-13-15-17-18-19-20-21-22-24-26-28-30-32-34-36-43(46)52-41(40-51-53(47,48)50-38-37-44)39-49-42(45)35-33-31-29-27-25-23-16-14-12-10-8-6-4-2/h11,13-14,16-18,20-21,41H,3-10,12,15,19,22-40,44H2,1-2H3,(H,47,48)/t41-/m1/s1. The lowest BCUT2D eigenvalue weighted by Crippen LogP contribution is -2.29. The lowest BCUT2D eigenvalue weighted by Gasteiger charge is -2.19. The van der Waals surface area contributed by atoms with Crippen molar-refractivity contribution in [3.63, 3.8) is 0 Å². The highest BCUT2D eigenvalue weighted by molar-refractivity contribution is 7.47. The summed E-state index contributed by atoms with van der Waals surface area (Å²) in [7, 11) is -4.38. The number of carbonyl (C=O) groups excluding carboxylic acids is 2. The molecule has 0 aliphatic rings. The van der Waals surface area contributed by atoms with Gasteiger partial charge < -0.3 is 20.1 Å². The van der Waals surface area contributed by atoms with E-state index in [2.05, 4.69) is 62.5 Å². The normalized spacial score (nSPS) is 13.8. The number of hydrogen-bond donors (Lipinski definition) is 2. The van der Waals surface area contributed by atoms with Gasteiger partial charge in [0.15, 0.2) is 6.10 Å². The first-order valence-corrected chi connectivity index (χ1v) is 22.6. The molecular formula is C43H78NO8P. The highest BCUT2D eigenvalue weighted by atomic mass is 31.2. The second kappa shape index (κ2) is 39.7. The molecule has 3 N–H and O–H groups in total. The third-order valence-electron chi connectivity index (χ3n) is 8.69. The van der Waals surface area contributed by atoms with Gasteiger partial charge in [-0.3, -0.25) is 18.6 Å². The number of nitrogens with two attached hydrogens (primary N) is 1. The van der Waals surface area contributed by atoms with Crippen molar-refractivity contribution >= 4 is 19.8 Å². The first kappa shape index (κ1) is 51.0. The Morgan fingerprint density at radius 2 is 0.981 bits per heavy atom. The molecule has 0 amide bonds. The molecule has 1 unspecified atom stereocenters. The van der Waals surface area contributed by atoms with Crippen LogP contribution in [0.3, 0.4) is 0 Å². The van der Waals surface area contributed by atoms with Crippen LogP contribution >= 0.6 is 7.82 Å². The number of allylic oxidation sites excluding steroid dienone is 8. The van der Waals surface area contributed by atoms with Crippen LogP contribution in [0.2, 0.25) is 0 Å². The van der Waals surface area contributed by atoms with Gasteiger partial charge in [0, 0.05) is 19.4 Å². The number of carbonyl (C=O) groups is 2. The zero-order valence-corrected chi connectivity index (χ0v) is 34.6. The van der Waals surface area contributed by atoms with E-state index in [1.54, 1.807) is 0 Å². The number of phosphoric acid groups is 1. The van der Waals surface area contributed by atoms with Gasteiger partial charge in [-0.15, -0.1) is 0 Å². The van der Waals surface area contributed by atoms with Crippen molar-refractivity contribution in [2.75, 3.05) is 26.4 Å². The lowest BCUT2D eigenvalue weighted by atomic mass is 10.1. The average molecular weight is 768 g/mol. The van der Waals surface area contributed by atoms with Crippen molar-refractivity contribution in [3.05, 3.63) is 48.6 Å². The number of rotatable bonds is 39. The Kier molecular flexibility index (Phi) is 38.1. The van der Waals surface area contributed by atoms with E-state index in [9.17, 15) is 19.0 Å². The summed E-state index contributed by atoms with van der Waals surface area (Å²) in [6.07, 6.45) is 44.2. The minimum absolute atomic E-state index is 0.0484. The van der Waals surface area contributed by atoms with Crippen LogP contribution in [0.5, 0.6) is 0 Å². The first-order valence-electron chi connectivity index (χ1n) is 21.1. The molecule has 0 spiro atoms. The Labute approximate surface area is 324 Å². The van der Waals surface area contributed by atoms with Crippen LogP contribution in [0, 0.1) is 0 Å². The van der Waals surface area contributed by atoms with Crippen molar-refractivity contribution < 1.29 is 37.6 Å². The van der Waals surface area contributed by atoms with Crippen LogP contribution in [0.4, 0.5) is 0 Å². The summed E-state index contributed by atoms with van der Waals surface area (Å²) in [5.74, 6) is -0.855. The highest BCUT2D eigenvalue weighted by Gasteiger charge is 2.26. The molecule has 0 aromatic carbocycles. The first-order chi connectivity index (χ1) is 25.8. The average Bonchev–Trinajstić information content (AvgIpc) is 3.14. The van der Waals surface area contributed by atoms with Crippen molar-refractivity contribution in [2.24, 2.45) is 5.73 Å². The topological polar surface area (TPSA) is 134 Å². The van der Waals surface area contributed by atoms with E-state index in [0.29, 0.717) is 6.42 Å². The summed E-state index contributed by atoms with van der Waals surface area (Å²) < 4.78 is 32.7. The Morgan fingerprint density at radius 1 is 0.566 bits per heavy atom. The minimum atomic E-state index is -4.38. The molecule has 308 valence electrons. The molecular weight excluding hydrogens is 689 g/mol. The molecule has 2 atom stereocenters. The molecule has 0 rings (SSSR count). The molecule has 53 heavy (non-hydrogen) atoms. The Bertz CT molecular complexity index is 1010. The molecule has 0 aliphatic heterocycles. The van der Waals surface area contributed by atoms with Gasteiger partial charge in [0.05, 0.1) is 13.2 Å². The van der Waals surface area contributed by atoms with Crippen LogP contribution in [0.1, 0.15) is 181 Å². The smallest absolute Gasteiger partial charge is 0.462 e.